The zero-order chi connectivity index (χ0) is 56.2. The van der Waals surface area contributed by atoms with Gasteiger partial charge in [-0.2, -0.15) is 0 Å². The van der Waals surface area contributed by atoms with Crippen LogP contribution in [0.2, 0.25) is 0 Å². The molecular weight excluding hydrogens is 959 g/mol. The van der Waals surface area contributed by atoms with Gasteiger partial charge in [0.15, 0.2) is 12.4 Å². The molecular formula is C68H103NO8. The molecule has 0 saturated heterocycles. The summed E-state index contributed by atoms with van der Waals surface area (Å²) in [7, 11) is 5.87. The monoisotopic (exact) mass is 1060 g/mol. The van der Waals surface area contributed by atoms with Gasteiger partial charge in [0, 0.05) is 12.8 Å². The number of allylic oxidation sites excluding steroid dienone is 30. The predicted octanol–water partition coefficient (Wildman–Crippen LogP) is 16.0. The summed E-state index contributed by atoms with van der Waals surface area (Å²) in [5.74, 6) is -2.42. The molecule has 0 bridgehead atoms. The third-order valence-corrected chi connectivity index (χ3v) is 11.1. The summed E-state index contributed by atoms with van der Waals surface area (Å²) in [6.45, 7) is 4.38. The van der Waals surface area contributed by atoms with E-state index in [0.29, 0.717) is 23.9 Å². The first-order valence-electron chi connectivity index (χ1n) is 28.9. The van der Waals surface area contributed by atoms with Crippen molar-refractivity contribution in [3.8, 4) is 0 Å². The lowest BCUT2D eigenvalue weighted by molar-refractivity contribution is -0.870. The number of carboxylic acids is 1. The van der Waals surface area contributed by atoms with Crippen LogP contribution in [0.3, 0.4) is 0 Å². The second-order valence-electron chi connectivity index (χ2n) is 19.5. The highest BCUT2D eigenvalue weighted by molar-refractivity contribution is 5.70. The molecule has 77 heavy (non-hydrogen) atoms. The number of esters is 2. The van der Waals surface area contributed by atoms with Crippen molar-refractivity contribution in [3.63, 3.8) is 0 Å². The van der Waals surface area contributed by atoms with Crippen molar-refractivity contribution >= 4 is 17.9 Å². The van der Waals surface area contributed by atoms with Crippen LogP contribution in [-0.4, -0.2) is 82.3 Å². The van der Waals surface area contributed by atoms with E-state index >= 15 is 0 Å². The largest absolute Gasteiger partial charge is 0.545 e. The van der Waals surface area contributed by atoms with Gasteiger partial charge in [-0.05, 0) is 135 Å². The summed E-state index contributed by atoms with van der Waals surface area (Å²) < 4.78 is 22.6. The zero-order valence-corrected chi connectivity index (χ0v) is 48.5. The maximum absolute atomic E-state index is 12.9. The van der Waals surface area contributed by atoms with Crippen molar-refractivity contribution < 1.29 is 42.9 Å². The fraction of sp³-hybridized carbons (Fsp3) is 0.515. The third-order valence-electron chi connectivity index (χ3n) is 11.1. The number of hydrogen-bond acceptors (Lipinski definition) is 8. The second kappa shape index (κ2) is 56.6. The van der Waals surface area contributed by atoms with Crippen LogP contribution in [0.4, 0.5) is 0 Å². The number of quaternary nitrogens is 1. The lowest BCUT2D eigenvalue weighted by Crippen LogP contribution is -2.44. The fourth-order valence-electron chi connectivity index (χ4n) is 6.76. The molecule has 9 heteroatoms. The number of carboxylic acid groups (broad SMARTS) is 1. The molecule has 0 fully saturated rings. The molecule has 0 spiro atoms. The molecule has 2 atom stereocenters. The molecule has 0 aromatic rings. The van der Waals surface area contributed by atoms with E-state index in [0.717, 1.165) is 128 Å². The number of unbranched alkanes of at least 4 members (excludes halogenated alkanes) is 5. The minimum Gasteiger partial charge on any atom is -0.545 e. The minimum absolute atomic E-state index is 0.122. The van der Waals surface area contributed by atoms with E-state index in [4.69, 9.17) is 18.9 Å². The van der Waals surface area contributed by atoms with E-state index in [1.165, 1.54) is 0 Å². The van der Waals surface area contributed by atoms with Gasteiger partial charge < -0.3 is 33.3 Å². The molecule has 0 aliphatic heterocycles. The van der Waals surface area contributed by atoms with Gasteiger partial charge in [0.2, 0.25) is 0 Å². The van der Waals surface area contributed by atoms with Gasteiger partial charge in [-0.15, -0.1) is 0 Å². The van der Waals surface area contributed by atoms with Crippen molar-refractivity contribution in [2.45, 2.75) is 180 Å². The van der Waals surface area contributed by atoms with Gasteiger partial charge in [0.25, 0.3) is 0 Å². The van der Waals surface area contributed by atoms with Crippen molar-refractivity contribution in [1.29, 1.82) is 0 Å². The summed E-state index contributed by atoms with van der Waals surface area (Å²) in [5, 5.41) is 11.8. The summed E-state index contributed by atoms with van der Waals surface area (Å²) in [4.78, 5) is 37.3. The lowest BCUT2D eigenvalue weighted by Gasteiger charge is -2.26. The Morgan fingerprint density at radius 1 is 0.390 bits per heavy atom. The molecule has 0 rings (SSSR count). The van der Waals surface area contributed by atoms with Crippen molar-refractivity contribution in [1.82, 2.24) is 0 Å². The summed E-state index contributed by atoms with van der Waals surface area (Å²) in [6, 6.07) is 0. The molecule has 0 saturated carbocycles. The Kier molecular flexibility index (Phi) is 52.5. The maximum Gasteiger partial charge on any atom is 0.306 e. The first-order valence-corrected chi connectivity index (χ1v) is 28.9. The van der Waals surface area contributed by atoms with Crippen LogP contribution in [0.25, 0.3) is 0 Å². The maximum atomic E-state index is 12.9. The van der Waals surface area contributed by atoms with Crippen molar-refractivity contribution in [3.05, 3.63) is 182 Å². The molecule has 0 heterocycles. The predicted molar refractivity (Wildman–Crippen MR) is 324 cm³/mol. The van der Waals surface area contributed by atoms with Crippen LogP contribution in [0.15, 0.2) is 182 Å². The van der Waals surface area contributed by atoms with Crippen molar-refractivity contribution in [2.24, 2.45) is 0 Å². The molecule has 0 aliphatic carbocycles. The summed E-state index contributed by atoms with van der Waals surface area (Å²) in [5.41, 5.74) is 0. The van der Waals surface area contributed by atoms with E-state index in [9.17, 15) is 19.5 Å². The number of ether oxygens (including phenoxy) is 4. The molecule has 2 unspecified atom stereocenters. The molecule has 0 aromatic carbocycles. The van der Waals surface area contributed by atoms with E-state index < -0.39 is 30.3 Å². The molecule has 9 nitrogen and oxygen atoms in total. The summed E-state index contributed by atoms with van der Waals surface area (Å²) >= 11 is 0. The number of aliphatic carboxylic acids is 1. The fourth-order valence-corrected chi connectivity index (χ4v) is 6.76. The van der Waals surface area contributed by atoms with Crippen LogP contribution in [-0.2, 0) is 33.3 Å². The molecule has 428 valence electrons. The van der Waals surface area contributed by atoms with Gasteiger partial charge in [-0.25, -0.2) is 0 Å². The number of carbonyl (C=O) groups excluding carboxylic acids is 3. The van der Waals surface area contributed by atoms with Crippen LogP contribution >= 0.6 is 0 Å². The first-order chi connectivity index (χ1) is 37.6. The summed E-state index contributed by atoms with van der Waals surface area (Å²) in [6.07, 6.45) is 83.7. The molecule has 0 radical (unpaired) electrons. The third kappa shape index (κ3) is 57.9. The average molecular weight is 1060 g/mol. The Morgan fingerprint density at radius 3 is 1.04 bits per heavy atom. The second-order valence-corrected chi connectivity index (χ2v) is 19.5. The zero-order valence-electron chi connectivity index (χ0n) is 48.5. The Labute approximate surface area is 469 Å². The number of nitrogens with zero attached hydrogens (tertiary/aromatic N) is 1. The van der Waals surface area contributed by atoms with Crippen molar-refractivity contribution in [2.75, 3.05) is 47.5 Å². The molecule has 0 N–H and O–H groups in total. The number of carbonyl (C=O) groups is 3. The lowest BCUT2D eigenvalue weighted by atomic mass is 10.1. The highest BCUT2D eigenvalue weighted by Gasteiger charge is 2.21. The van der Waals surface area contributed by atoms with Gasteiger partial charge in [-0.1, -0.05) is 203 Å². The topological polar surface area (TPSA) is 111 Å². The highest BCUT2D eigenvalue weighted by atomic mass is 16.7. The van der Waals surface area contributed by atoms with Crippen LogP contribution in [0.5, 0.6) is 0 Å². The average Bonchev–Trinajstić information content (AvgIpc) is 3.40. The van der Waals surface area contributed by atoms with Gasteiger partial charge in [-0.3, -0.25) is 9.59 Å². The van der Waals surface area contributed by atoms with E-state index in [-0.39, 0.29) is 32.7 Å². The molecule has 0 amide bonds. The number of likely N-dealkylation sites (N-methyl/N-ethyl adjacent to an activating group) is 1. The van der Waals surface area contributed by atoms with E-state index in [1.807, 2.05) is 21.1 Å². The standard InChI is InChI=1S/C68H103NO8/c1-6-8-10-12-14-16-18-20-22-24-26-28-29-30-31-32-33-34-35-36-37-39-41-43-45-47-49-51-53-55-57-59-66(71)77-64(63-76-68(67(72)73)74-61-60-69(3,4)5)62-75-65(70)58-56-54-52-50-48-46-44-42-40-38-27-25-23-21-19-17-15-13-11-9-7-2/h8-11,14-17,20-23,26-28,30-31,33-34,36-38,41-44,47-50,64,68H,6-7,12-13,18-19,24-25,29,32,35,39-40,45-46,51-63H2,1-5H3/b10-8-,11-9-,16-14-,17-15-,22-20-,23-21-,28-26-,31-30-,34-33-,37-36-,38-27-,43-41-,44-42-,49-47-,50-48-. The first kappa shape index (κ1) is 71.4. The Morgan fingerprint density at radius 2 is 0.701 bits per heavy atom. The van der Waals surface area contributed by atoms with E-state index in [2.05, 4.69) is 196 Å². The highest BCUT2D eigenvalue weighted by Crippen LogP contribution is 2.11. The van der Waals surface area contributed by atoms with Crippen LogP contribution < -0.4 is 5.11 Å². The van der Waals surface area contributed by atoms with E-state index in [1.54, 1.807) is 0 Å². The SMILES string of the molecule is CC/C=C\C/C=C\C/C=C\C/C=C\C/C=C\C/C=C\C/C=C\C/C=C\C/C=C\CCCCCC(=O)OC(COC(=O)CCCC/C=C\C/C=C\C/C=C\C/C=C\C/C=C\C/C=C\CC)COC(OCC[N+](C)(C)C)C(=O)[O-]. The number of rotatable bonds is 50. The Balaban J connectivity index is 4.46. The quantitative estimate of drug-likeness (QED) is 0.0195. The van der Waals surface area contributed by atoms with Crippen LogP contribution in [0.1, 0.15) is 168 Å². The number of hydrogen-bond donors (Lipinski definition) is 0. The van der Waals surface area contributed by atoms with Gasteiger partial charge >= 0.3 is 11.9 Å². The molecule has 0 aliphatic rings. The Bertz CT molecular complexity index is 1910. The van der Waals surface area contributed by atoms with Crippen LogP contribution in [0, 0.1) is 0 Å². The van der Waals surface area contributed by atoms with Gasteiger partial charge in [0.1, 0.15) is 13.2 Å². The molecule has 0 aromatic heterocycles. The normalized spacial score (nSPS) is 14.1. The Hall–Kier alpha value is -5.61. The van der Waals surface area contributed by atoms with Gasteiger partial charge in [0.05, 0.1) is 40.3 Å². The smallest absolute Gasteiger partial charge is 0.306 e. The minimum atomic E-state index is -1.66.